The van der Waals surface area contributed by atoms with Gasteiger partial charge in [0.1, 0.15) is 12.1 Å². The van der Waals surface area contributed by atoms with Gasteiger partial charge in [0, 0.05) is 18.5 Å². The minimum Gasteiger partial charge on any atom is -0.351 e. The van der Waals surface area contributed by atoms with Crippen LogP contribution in [0, 0.1) is 6.92 Å². The van der Waals surface area contributed by atoms with Gasteiger partial charge in [-0.05, 0) is 30.7 Å². The lowest BCUT2D eigenvalue weighted by molar-refractivity contribution is 0.735. The van der Waals surface area contributed by atoms with Crippen molar-refractivity contribution in [2.45, 2.75) is 25.8 Å². The van der Waals surface area contributed by atoms with Crippen molar-refractivity contribution in [3.05, 3.63) is 17.3 Å². The van der Waals surface area contributed by atoms with Crippen molar-refractivity contribution >= 4 is 39.0 Å². The maximum atomic E-state index is 6.03. The Bertz CT molecular complexity index is 540. The van der Waals surface area contributed by atoms with Gasteiger partial charge in [-0.25, -0.2) is 9.97 Å². The number of alkyl halides is 1. The molecule has 0 amide bonds. The van der Waals surface area contributed by atoms with E-state index in [1.165, 1.54) is 23.1 Å². The van der Waals surface area contributed by atoms with Gasteiger partial charge in [0.15, 0.2) is 0 Å². The van der Waals surface area contributed by atoms with Crippen LogP contribution in [0.3, 0.4) is 0 Å². The van der Waals surface area contributed by atoms with Crippen LogP contribution in [0.2, 0.25) is 0 Å². The summed E-state index contributed by atoms with van der Waals surface area (Å²) in [5.74, 6) is 1.74. The maximum Gasteiger partial charge on any atom is 0.150 e. The van der Waals surface area contributed by atoms with Gasteiger partial charge in [-0.3, -0.25) is 0 Å². The average molecular weight is 268 g/mol. The molecule has 90 valence electrons. The van der Waals surface area contributed by atoms with Crippen LogP contribution in [0.4, 0.5) is 5.82 Å². The molecule has 3 heterocycles. The van der Waals surface area contributed by atoms with Crippen molar-refractivity contribution in [2.24, 2.45) is 0 Å². The Morgan fingerprint density at radius 1 is 1.53 bits per heavy atom. The van der Waals surface area contributed by atoms with Crippen molar-refractivity contribution < 1.29 is 0 Å². The maximum absolute atomic E-state index is 6.03. The van der Waals surface area contributed by atoms with E-state index in [2.05, 4.69) is 27.2 Å². The number of aromatic nitrogens is 2. The number of anilines is 1. The molecule has 0 bridgehead atoms. The van der Waals surface area contributed by atoms with E-state index in [-0.39, 0.29) is 0 Å². The standard InChI is InChI=1S/C12H14ClN3S/c1-8-6-17-11-10(8)14-7-15-12(11)16-4-2-3-9(16)5-13/h6-7,9H,2-5H2,1H3. The molecule has 2 aromatic heterocycles. The Balaban J connectivity index is 2.10. The number of halogens is 1. The van der Waals surface area contributed by atoms with Crippen molar-refractivity contribution in [3.63, 3.8) is 0 Å². The van der Waals surface area contributed by atoms with E-state index in [0.717, 1.165) is 17.9 Å². The van der Waals surface area contributed by atoms with Gasteiger partial charge in [-0.15, -0.1) is 22.9 Å². The smallest absolute Gasteiger partial charge is 0.150 e. The van der Waals surface area contributed by atoms with E-state index in [4.69, 9.17) is 11.6 Å². The molecule has 2 aromatic rings. The SMILES string of the molecule is Cc1csc2c(N3CCCC3CCl)ncnc12. The van der Waals surface area contributed by atoms with Crippen LogP contribution in [-0.2, 0) is 0 Å². The number of aryl methyl sites for hydroxylation is 1. The molecule has 1 atom stereocenters. The molecule has 1 fully saturated rings. The number of nitrogens with zero attached hydrogens (tertiary/aromatic N) is 3. The minimum absolute atomic E-state index is 0.428. The van der Waals surface area contributed by atoms with E-state index >= 15 is 0 Å². The minimum atomic E-state index is 0.428. The molecule has 1 unspecified atom stereocenters. The van der Waals surface area contributed by atoms with Gasteiger partial charge in [0.2, 0.25) is 0 Å². The van der Waals surface area contributed by atoms with Crippen LogP contribution in [0.1, 0.15) is 18.4 Å². The monoisotopic (exact) mass is 267 g/mol. The molecule has 0 N–H and O–H groups in total. The summed E-state index contributed by atoms with van der Waals surface area (Å²) in [7, 11) is 0. The third-order valence-electron chi connectivity index (χ3n) is 3.34. The molecule has 0 radical (unpaired) electrons. The molecule has 0 aliphatic carbocycles. The van der Waals surface area contributed by atoms with E-state index in [9.17, 15) is 0 Å². The summed E-state index contributed by atoms with van der Waals surface area (Å²) < 4.78 is 1.20. The lowest BCUT2D eigenvalue weighted by atomic mass is 10.2. The Morgan fingerprint density at radius 3 is 3.24 bits per heavy atom. The zero-order valence-corrected chi connectivity index (χ0v) is 11.3. The summed E-state index contributed by atoms with van der Waals surface area (Å²) in [4.78, 5) is 11.2. The molecule has 1 aliphatic heterocycles. The van der Waals surface area contributed by atoms with Crippen LogP contribution in [0.5, 0.6) is 0 Å². The van der Waals surface area contributed by atoms with Crippen molar-refractivity contribution in [1.29, 1.82) is 0 Å². The topological polar surface area (TPSA) is 29.0 Å². The number of fused-ring (bicyclic) bond motifs is 1. The second kappa shape index (κ2) is 4.42. The first-order chi connectivity index (χ1) is 8.31. The van der Waals surface area contributed by atoms with Gasteiger partial charge in [-0.2, -0.15) is 0 Å². The van der Waals surface area contributed by atoms with Gasteiger partial charge < -0.3 is 4.90 Å². The molecule has 1 saturated heterocycles. The highest BCUT2D eigenvalue weighted by molar-refractivity contribution is 7.18. The Morgan fingerprint density at radius 2 is 2.41 bits per heavy atom. The molecule has 3 nitrogen and oxygen atoms in total. The summed E-state index contributed by atoms with van der Waals surface area (Å²) in [6.45, 7) is 3.15. The molecule has 1 aliphatic rings. The Labute approximate surface area is 109 Å². The third-order valence-corrected chi connectivity index (χ3v) is 4.78. The quantitative estimate of drug-likeness (QED) is 0.783. The normalized spacial score (nSPS) is 20.4. The second-order valence-electron chi connectivity index (χ2n) is 4.44. The van der Waals surface area contributed by atoms with E-state index < -0.39 is 0 Å². The fourth-order valence-electron chi connectivity index (χ4n) is 2.44. The first kappa shape index (κ1) is 11.2. The molecular formula is C12H14ClN3S. The molecule has 0 spiro atoms. The van der Waals surface area contributed by atoms with Gasteiger partial charge >= 0.3 is 0 Å². The lowest BCUT2D eigenvalue weighted by Gasteiger charge is -2.24. The predicted molar refractivity (Wildman–Crippen MR) is 73.2 cm³/mol. The largest absolute Gasteiger partial charge is 0.351 e. The first-order valence-electron chi connectivity index (χ1n) is 5.82. The summed E-state index contributed by atoms with van der Waals surface area (Å²) in [6.07, 6.45) is 4.04. The highest BCUT2D eigenvalue weighted by Crippen LogP contribution is 2.34. The third kappa shape index (κ3) is 1.79. The lowest BCUT2D eigenvalue weighted by Crippen LogP contribution is -2.31. The van der Waals surface area contributed by atoms with E-state index in [1.807, 2.05) is 0 Å². The van der Waals surface area contributed by atoms with Gasteiger partial charge in [0.25, 0.3) is 0 Å². The Hall–Kier alpha value is -0.870. The summed E-state index contributed by atoms with van der Waals surface area (Å²) in [5, 5.41) is 2.15. The molecule has 3 rings (SSSR count). The van der Waals surface area contributed by atoms with Crippen LogP contribution in [0.25, 0.3) is 10.2 Å². The predicted octanol–water partition coefficient (Wildman–Crippen LogP) is 3.21. The van der Waals surface area contributed by atoms with Gasteiger partial charge in [0.05, 0.1) is 10.2 Å². The fraction of sp³-hybridized carbons (Fsp3) is 0.500. The van der Waals surface area contributed by atoms with Crippen LogP contribution in [-0.4, -0.2) is 28.4 Å². The molecule has 17 heavy (non-hydrogen) atoms. The zero-order chi connectivity index (χ0) is 11.8. The van der Waals surface area contributed by atoms with Crippen LogP contribution >= 0.6 is 22.9 Å². The fourth-order valence-corrected chi connectivity index (χ4v) is 3.76. The molecular weight excluding hydrogens is 254 g/mol. The van der Waals surface area contributed by atoms with Gasteiger partial charge in [-0.1, -0.05) is 0 Å². The molecule has 0 saturated carbocycles. The number of hydrogen-bond acceptors (Lipinski definition) is 4. The van der Waals surface area contributed by atoms with Crippen molar-refractivity contribution in [3.8, 4) is 0 Å². The van der Waals surface area contributed by atoms with Crippen LogP contribution < -0.4 is 4.90 Å². The van der Waals surface area contributed by atoms with E-state index in [0.29, 0.717) is 11.9 Å². The summed E-state index contributed by atoms with van der Waals surface area (Å²) in [6, 6.07) is 0.428. The summed E-state index contributed by atoms with van der Waals surface area (Å²) in [5.41, 5.74) is 2.32. The highest BCUT2D eigenvalue weighted by Gasteiger charge is 2.26. The Kier molecular flexibility index (Phi) is 2.92. The average Bonchev–Trinajstić information content (AvgIpc) is 2.96. The number of thiophene rings is 1. The number of rotatable bonds is 2. The number of hydrogen-bond donors (Lipinski definition) is 0. The summed E-state index contributed by atoms with van der Waals surface area (Å²) >= 11 is 7.76. The molecule has 5 heteroatoms. The van der Waals surface area contributed by atoms with Crippen LogP contribution in [0.15, 0.2) is 11.7 Å². The van der Waals surface area contributed by atoms with Crippen molar-refractivity contribution in [2.75, 3.05) is 17.3 Å². The molecule has 0 aromatic carbocycles. The highest BCUT2D eigenvalue weighted by atomic mass is 35.5. The zero-order valence-electron chi connectivity index (χ0n) is 9.69. The van der Waals surface area contributed by atoms with Crippen molar-refractivity contribution in [1.82, 2.24) is 9.97 Å². The van der Waals surface area contributed by atoms with E-state index in [1.54, 1.807) is 17.7 Å². The second-order valence-corrected chi connectivity index (χ2v) is 5.63. The first-order valence-corrected chi connectivity index (χ1v) is 7.24.